The lowest BCUT2D eigenvalue weighted by atomic mass is 9.77. The highest BCUT2D eigenvalue weighted by atomic mass is 16.5. The zero-order valence-electron chi connectivity index (χ0n) is 13.9. The number of nitriles is 2. The van der Waals surface area contributed by atoms with Crippen LogP contribution in [0.1, 0.15) is 50.3 Å². The van der Waals surface area contributed by atoms with Gasteiger partial charge >= 0.3 is 0 Å². The van der Waals surface area contributed by atoms with Crippen molar-refractivity contribution in [3.8, 4) is 23.6 Å². The highest BCUT2D eigenvalue weighted by Gasteiger charge is 2.24. The zero-order valence-corrected chi connectivity index (χ0v) is 13.9. The van der Waals surface area contributed by atoms with Crippen molar-refractivity contribution in [2.75, 3.05) is 0 Å². The Morgan fingerprint density at radius 1 is 0.957 bits per heavy atom. The Labute approximate surface area is 137 Å². The van der Waals surface area contributed by atoms with Crippen LogP contribution in [0.25, 0.3) is 0 Å². The maximum Gasteiger partial charge on any atom is 0.130 e. The summed E-state index contributed by atoms with van der Waals surface area (Å²) in [4.78, 5) is 0. The lowest BCUT2D eigenvalue weighted by molar-refractivity contribution is 0.331. The standard InChI is InChI=1S/C20H20N2O/c1-14(20(2,3)4)18-7-5-6-8-19(18)23-17-10-9-15(12-21)16(11-17)13-22/h5-11,14H,1-4H3. The van der Waals surface area contributed by atoms with Crippen LogP contribution in [0.4, 0.5) is 0 Å². The Bertz CT molecular complexity index is 789. The van der Waals surface area contributed by atoms with E-state index in [9.17, 15) is 0 Å². The number of benzene rings is 2. The van der Waals surface area contributed by atoms with Gasteiger partial charge in [0.05, 0.1) is 11.1 Å². The molecule has 3 nitrogen and oxygen atoms in total. The highest BCUT2D eigenvalue weighted by Crippen LogP contribution is 2.40. The summed E-state index contributed by atoms with van der Waals surface area (Å²) < 4.78 is 6.01. The van der Waals surface area contributed by atoms with E-state index in [2.05, 4.69) is 33.8 Å². The molecule has 0 saturated heterocycles. The van der Waals surface area contributed by atoms with Gasteiger partial charge in [-0.1, -0.05) is 45.9 Å². The molecule has 0 fully saturated rings. The van der Waals surface area contributed by atoms with Gasteiger partial charge in [-0.2, -0.15) is 10.5 Å². The van der Waals surface area contributed by atoms with Gasteiger partial charge in [0.2, 0.25) is 0 Å². The summed E-state index contributed by atoms with van der Waals surface area (Å²) in [6, 6.07) is 16.9. The summed E-state index contributed by atoms with van der Waals surface area (Å²) in [5, 5.41) is 18.1. The SMILES string of the molecule is CC(c1ccccc1Oc1ccc(C#N)c(C#N)c1)C(C)(C)C. The molecule has 3 heteroatoms. The molecule has 0 aliphatic heterocycles. The Morgan fingerprint density at radius 3 is 2.22 bits per heavy atom. The average molecular weight is 304 g/mol. The largest absolute Gasteiger partial charge is 0.457 e. The Hall–Kier alpha value is -2.78. The molecule has 0 spiro atoms. The topological polar surface area (TPSA) is 56.8 Å². The van der Waals surface area contributed by atoms with Gasteiger partial charge in [-0.05, 0) is 41.2 Å². The second kappa shape index (κ2) is 6.55. The van der Waals surface area contributed by atoms with E-state index in [1.165, 1.54) is 0 Å². The summed E-state index contributed by atoms with van der Waals surface area (Å²) in [5.74, 6) is 1.66. The van der Waals surface area contributed by atoms with Crippen LogP contribution < -0.4 is 4.74 Å². The van der Waals surface area contributed by atoms with E-state index < -0.39 is 0 Å². The van der Waals surface area contributed by atoms with E-state index in [4.69, 9.17) is 15.3 Å². The minimum absolute atomic E-state index is 0.113. The van der Waals surface area contributed by atoms with Crippen molar-refractivity contribution in [2.24, 2.45) is 5.41 Å². The van der Waals surface area contributed by atoms with Crippen LogP contribution >= 0.6 is 0 Å². The maximum atomic E-state index is 9.13. The minimum atomic E-state index is 0.113. The predicted octanol–water partition coefficient (Wildman–Crippen LogP) is 5.37. The molecule has 0 radical (unpaired) electrons. The zero-order chi connectivity index (χ0) is 17.0. The highest BCUT2D eigenvalue weighted by molar-refractivity contribution is 5.50. The third kappa shape index (κ3) is 3.71. The van der Waals surface area contributed by atoms with Crippen molar-refractivity contribution < 1.29 is 4.74 Å². The number of hydrogen-bond donors (Lipinski definition) is 0. The van der Waals surface area contributed by atoms with Gasteiger partial charge in [0.25, 0.3) is 0 Å². The molecule has 0 aromatic heterocycles. The molecule has 2 rings (SSSR count). The van der Waals surface area contributed by atoms with Crippen LogP contribution in [0.2, 0.25) is 0 Å². The van der Waals surface area contributed by atoms with E-state index in [-0.39, 0.29) is 5.41 Å². The number of ether oxygens (including phenoxy) is 1. The smallest absolute Gasteiger partial charge is 0.130 e. The van der Waals surface area contributed by atoms with Crippen LogP contribution in [0.15, 0.2) is 42.5 Å². The third-order valence-electron chi connectivity index (χ3n) is 4.14. The second-order valence-corrected chi connectivity index (χ2v) is 6.66. The van der Waals surface area contributed by atoms with Crippen LogP contribution in [0.5, 0.6) is 11.5 Å². The van der Waals surface area contributed by atoms with Gasteiger partial charge in [0.15, 0.2) is 0 Å². The average Bonchev–Trinajstić information content (AvgIpc) is 2.53. The van der Waals surface area contributed by atoms with Crippen LogP contribution in [0, 0.1) is 28.1 Å². The molecule has 0 amide bonds. The molecule has 116 valence electrons. The second-order valence-electron chi connectivity index (χ2n) is 6.66. The van der Waals surface area contributed by atoms with Gasteiger partial charge < -0.3 is 4.74 Å². The molecule has 1 atom stereocenters. The van der Waals surface area contributed by atoms with Crippen LogP contribution in [-0.2, 0) is 0 Å². The first kappa shape index (κ1) is 16.6. The molecule has 0 heterocycles. The summed E-state index contributed by atoms with van der Waals surface area (Å²) in [6.07, 6.45) is 0. The fourth-order valence-electron chi connectivity index (χ4n) is 2.30. The first-order chi connectivity index (χ1) is 10.9. The first-order valence-electron chi connectivity index (χ1n) is 7.58. The number of rotatable bonds is 3. The molecular formula is C20H20N2O. The van der Waals surface area contributed by atoms with Gasteiger partial charge in [0.1, 0.15) is 23.6 Å². The summed E-state index contributed by atoms with van der Waals surface area (Å²) in [5.41, 5.74) is 1.92. The lowest BCUT2D eigenvalue weighted by Crippen LogP contribution is -2.15. The molecule has 1 unspecified atom stereocenters. The number of para-hydroxylation sites is 1. The third-order valence-corrected chi connectivity index (χ3v) is 4.14. The quantitative estimate of drug-likeness (QED) is 0.765. The van der Waals surface area contributed by atoms with Crippen molar-refractivity contribution >= 4 is 0 Å². The summed E-state index contributed by atoms with van der Waals surface area (Å²) in [7, 11) is 0. The maximum absolute atomic E-state index is 9.13. The van der Waals surface area contributed by atoms with Crippen molar-refractivity contribution in [3.05, 3.63) is 59.2 Å². The van der Waals surface area contributed by atoms with E-state index in [1.54, 1.807) is 18.2 Å². The lowest BCUT2D eigenvalue weighted by Gasteiger charge is -2.29. The minimum Gasteiger partial charge on any atom is -0.457 e. The first-order valence-corrected chi connectivity index (χ1v) is 7.58. The van der Waals surface area contributed by atoms with Gasteiger partial charge in [-0.15, -0.1) is 0 Å². The molecule has 2 aromatic carbocycles. The summed E-state index contributed by atoms with van der Waals surface area (Å²) in [6.45, 7) is 8.78. The van der Waals surface area contributed by atoms with Crippen molar-refractivity contribution in [3.63, 3.8) is 0 Å². The Balaban J connectivity index is 2.39. The van der Waals surface area contributed by atoms with Gasteiger partial charge in [0, 0.05) is 0 Å². The molecule has 0 saturated carbocycles. The van der Waals surface area contributed by atoms with Crippen molar-refractivity contribution in [1.82, 2.24) is 0 Å². The molecule has 0 aliphatic carbocycles. The number of hydrogen-bond acceptors (Lipinski definition) is 3. The Morgan fingerprint density at radius 2 is 1.61 bits per heavy atom. The molecule has 23 heavy (non-hydrogen) atoms. The molecule has 2 aromatic rings. The van der Waals surface area contributed by atoms with E-state index in [0.29, 0.717) is 22.8 Å². The number of nitrogens with zero attached hydrogens (tertiary/aromatic N) is 2. The van der Waals surface area contributed by atoms with Crippen molar-refractivity contribution in [1.29, 1.82) is 10.5 Å². The van der Waals surface area contributed by atoms with Gasteiger partial charge in [-0.3, -0.25) is 0 Å². The van der Waals surface area contributed by atoms with E-state index >= 15 is 0 Å². The fraction of sp³-hybridized carbons (Fsp3) is 0.300. The van der Waals surface area contributed by atoms with E-state index in [0.717, 1.165) is 11.3 Å². The molecular weight excluding hydrogens is 284 g/mol. The van der Waals surface area contributed by atoms with Crippen LogP contribution in [-0.4, -0.2) is 0 Å². The van der Waals surface area contributed by atoms with Crippen molar-refractivity contribution in [2.45, 2.75) is 33.6 Å². The Kier molecular flexibility index (Phi) is 4.72. The normalized spacial score (nSPS) is 12.1. The predicted molar refractivity (Wildman–Crippen MR) is 90.3 cm³/mol. The van der Waals surface area contributed by atoms with Gasteiger partial charge in [-0.25, -0.2) is 0 Å². The monoisotopic (exact) mass is 304 g/mol. The molecule has 0 N–H and O–H groups in total. The van der Waals surface area contributed by atoms with Crippen LogP contribution in [0.3, 0.4) is 0 Å². The van der Waals surface area contributed by atoms with E-state index in [1.807, 2.05) is 30.3 Å². The fourth-order valence-corrected chi connectivity index (χ4v) is 2.30. The molecule has 0 bridgehead atoms. The summed E-state index contributed by atoms with van der Waals surface area (Å²) >= 11 is 0. The molecule has 0 aliphatic rings.